The van der Waals surface area contributed by atoms with E-state index in [2.05, 4.69) is 17.1 Å². The Labute approximate surface area is 133 Å². The fourth-order valence-electron chi connectivity index (χ4n) is 2.01. The maximum atomic E-state index is 6.12. The van der Waals surface area contributed by atoms with Gasteiger partial charge in [0.1, 0.15) is 5.75 Å². The third-order valence-corrected chi connectivity index (χ3v) is 3.75. The summed E-state index contributed by atoms with van der Waals surface area (Å²) >= 11 is 6.12. The summed E-state index contributed by atoms with van der Waals surface area (Å²) in [5, 5.41) is 4.53. The minimum absolute atomic E-state index is 0.222. The van der Waals surface area contributed by atoms with Gasteiger partial charge in [-0.1, -0.05) is 35.0 Å². The number of rotatable bonds is 4. The zero-order chi connectivity index (χ0) is 15.5. The van der Waals surface area contributed by atoms with Crippen LogP contribution in [-0.4, -0.2) is 10.1 Å². The standard InChI is InChI=1S/C17H15ClN2O2/c1-11-7-8-13(9-12(11)2)21-10-16-19-17(20-22-16)14-5-3-4-6-15(14)18/h3-9H,10H2,1-2H3. The molecule has 0 amide bonds. The van der Waals surface area contributed by atoms with E-state index in [1.165, 1.54) is 11.1 Å². The molecule has 0 aliphatic heterocycles. The molecule has 0 unspecified atom stereocenters. The smallest absolute Gasteiger partial charge is 0.264 e. The fraction of sp³-hybridized carbons (Fsp3) is 0.176. The topological polar surface area (TPSA) is 48.2 Å². The summed E-state index contributed by atoms with van der Waals surface area (Å²) in [5.74, 6) is 1.65. The minimum atomic E-state index is 0.222. The number of hydrogen-bond acceptors (Lipinski definition) is 4. The Morgan fingerprint density at radius 3 is 2.68 bits per heavy atom. The lowest BCUT2D eigenvalue weighted by Gasteiger charge is -2.05. The predicted octanol–water partition coefficient (Wildman–Crippen LogP) is 4.59. The largest absolute Gasteiger partial charge is 0.484 e. The van der Waals surface area contributed by atoms with Crippen LogP contribution in [0.5, 0.6) is 5.75 Å². The number of benzene rings is 2. The van der Waals surface area contributed by atoms with E-state index in [4.69, 9.17) is 20.9 Å². The van der Waals surface area contributed by atoms with Crippen LogP contribution >= 0.6 is 11.6 Å². The van der Waals surface area contributed by atoms with Crippen LogP contribution in [0.4, 0.5) is 0 Å². The third kappa shape index (κ3) is 3.12. The summed E-state index contributed by atoms with van der Waals surface area (Å²) in [4.78, 5) is 4.31. The van der Waals surface area contributed by atoms with Crippen LogP contribution in [0, 0.1) is 13.8 Å². The lowest BCUT2D eigenvalue weighted by atomic mass is 10.1. The summed E-state index contributed by atoms with van der Waals surface area (Å²) < 4.78 is 10.9. The molecule has 4 nitrogen and oxygen atoms in total. The Kier molecular flexibility index (Phi) is 4.11. The van der Waals surface area contributed by atoms with Crippen LogP contribution in [0.3, 0.4) is 0 Å². The highest BCUT2D eigenvalue weighted by Crippen LogP contribution is 2.25. The van der Waals surface area contributed by atoms with Crippen molar-refractivity contribution in [3.05, 3.63) is 64.5 Å². The summed E-state index contributed by atoms with van der Waals surface area (Å²) in [6.07, 6.45) is 0. The van der Waals surface area contributed by atoms with E-state index in [-0.39, 0.29) is 6.61 Å². The molecule has 2 aromatic carbocycles. The van der Waals surface area contributed by atoms with Gasteiger partial charge in [-0.2, -0.15) is 4.98 Å². The van der Waals surface area contributed by atoms with Crippen LogP contribution in [0.25, 0.3) is 11.4 Å². The molecule has 0 saturated heterocycles. The van der Waals surface area contributed by atoms with Gasteiger partial charge in [0.2, 0.25) is 5.82 Å². The average molecular weight is 315 g/mol. The second-order valence-electron chi connectivity index (χ2n) is 5.03. The second-order valence-corrected chi connectivity index (χ2v) is 5.43. The number of nitrogens with zero attached hydrogens (tertiary/aromatic N) is 2. The number of hydrogen-bond donors (Lipinski definition) is 0. The van der Waals surface area contributed by atoms with Crippen molar-refractivity contribution >= 4 is 11.6 Å². The van der Waals surface area contributed by atoms with Gasteiger partial charge in [-0.05, 0) is 49.2 Å². The van der Waals surface area contributed by atoms with Gasteiger partial charge in [0, 0.05) is 5.56 Å². The van der Waals surface area contributed by atoms with Crippen molar-refractivity contribution in [2.24, 2.45) is 0 Å². The molecule has 0 radical (unpaired) electrons. The molecule has 5 heteroatoms. The quantitative estimate of drug-likeness (QED) is 0.707. The molecule has 1 heterocycles. The highest BCUT2D eigenvalue weighted by atomic mass is 35.5. The first kappa shape index (κ1) is 14.6. The molecule has 0 aliphatic carbocycles. The first-order valence-corrected chi connectivity index (χ1v) is 7.29. The molecule has 0 bridgehead atoms. The normalized spacial score (nSPS) is 10.7. The Morgan fingerprint density at radius 1 is 1.09 bits per heavy atom. The monoisotopic (exact) mass is 314 g/mol. The number of aryl methyl sites for hydroxylation is 2. The van der Waals surface area contributed by atoms with E-state index in [0.717, 1.165) is 11.3 Å². The molecule has 0 fully saturated rings. The van der Waals surface area contributed by atoms with E-state index in [0.29, 0.717) is 16.7 Å². The molecular weight excluding hydrogens is 300 g/mol. The lowest BCUT2D eigenvalue weighted by molar-refractivity contribution is 0.243. The van der Waals surface area contributed by atoms with Crippen molar-refractivity contribution in [1.29, 1.82) is 0 Å². The molecule has 3 aromatic rings. The van der Waals surface area contributed by atoms with E-state index in [9.17, 15) is 0 Å². The van der Waals surface area contributed by atoms with E-state index >= 15 is 0 Å². The molecule has 22 heavy (non-hydrogen) atoms. The van der Waals surface area contributed by atoms with Crippen LogP contribution in [-0.2, 0) is 6.61 Å². The van der Waals surface area contributed by atoms with Gasteiger partial charge < -0.3 is 9.26 Å². The number of ether oxygens (including phenoxy) is 1. The average Bonchev–Trinajstić information content (AvgIpc) is 2.98. The molecule has 3 rings (SSSR count). The zero-order valence-corrected chi connectivity index (χ0v) is 13.1. The van der Waals surface area contributed by atoms with E-state index in [1.807, 2.05) is 43.3 Å². The van der Waals surface area contributed by atoms with Crippen LogP contribution in [0.1, 0.15) is 17.0 Å². The van der Waals surface area contributed by atoms with Crippen LogP contribution < -0.4 is 4.74 Å². The molecular formula is C17H15ClN2O2. The summed E-state index contributed by atoms with van der Waals surface area (Å²) in [6.45, 7) is 4.33. The van der Waals surface area contributed by atoms with Crippen molar-refractivity contribution in [3.63, 3.8) is 0 Å². The van der Waals surface area contributed by atoms with Gasteiger partial charge in [0.15, 0.2) is 6.61 Å². The van der Waals surface area contributed by atoms with Gasteiger partial charge >= 0.3 is 0 Å². The summed E-state index contributed by atoms with van der Waals surface area (Å²) in [5.41, 5.74) is 3.15. The minimum Gasteiger partial charge on any atom is -0.484 e. The Bertz CT molecular complexity index is 799. The number of aromatic nitrogens is 2. The molecule has 0 N–H and O–H groups in total. The zero-order valence-electron chi connectivity index (χ0n) is 12.3. The van der Waals surface area contributed by atoms with Gasteiger partial charge in [-0.3, -0.25) is 0 Å². The molecule has 0 saturated carbocycles. The summed E-state index contributed by atoms with van der Waals surface area (Å²) in [7, 11) is 0. The van der Waals surface area contributed by atoms with E-state index < -0.39 is 0 Å². The third-order valence-electron chi connectivity index (χ3n) is 3.42. The van der Waals surface area contributed by atoms with E-state index in [1.54, 1.807) is 6.07 Å². The van der Waals surface area contributed by atoms with Crippen LogP contribution in [0.15, 0.2) is 47.0 Å². The molecule has 0 spiro atoms. The van der Waals surface area contributed by atoms with Gasteiger partial charge in [0.25, 0.3) is 5.89 Å². The van der Waals surface area contributed by atoms with Crippen LogP contribution in [0.2, 0.25) is 5.02 Å². The van der Waals surface area contributed by atoms with Crippen molar-refractivity contribution in [1.82, 2.24) is 10.1 Å². The first-order chi connectivity index (χ1) is 10.6. The molecule has 0 atom stereocenters. The van der Waals surface area contributed by atoms with Crippen molar-refractivity contribution in [2.75, 3.05) is 0 Å². The molecule has 1 aromatic heterocycles. The summed E-state index contributed by atoms with van der Waals surface area (Å²) in [6, 6.07) is 13.3. The highest BCUT2D eigenvalue weighted by molar-refractivity contribution is 6.33. The first-order valence-electron chi connectivity index (χ1n) is 6.91. The lowest BCUT2D eigenvalue weighted by Crippen LogP contribution is -1.96. The van der Waals surface area contributed by atoms with Crippen molar-refractivity contribution in [2.45, 2.75) is 20.5 Å². The maximum absolute atomic E-state index is 6.12. The SMILES string of the molecule is Cc1ccc(OCc2nc(-c3ccccc3Cl)no2)cc1C. The van der Waals surface area contributed by atoms with Gasteiger partial charge in [-0.25, -0.2) is 0 Å². The number of halogens is 1. The Balaban J connectivity index is 1.72. The van der Waals surface area contributed by atoms with Crippen molar-refractivity contribution in [3.8, 4) is 17.1 Å². The van der Waals surface area contributed by atoms with Gasteiger partial charge in [-0.15, -0.1) is 0 Å². The molecule has 0 aliphatic rings. The van der Waals surface area contributed by atoms with Crippen molar-refractivity contribution < 1.29 is 9.26 Å². The fourth-order valence-corrected chi connectivity index (χ4v) is 2.23. The highest BCUT2D eigenvalue weighted by Gasteiger charge is 2.11. The van der Waals surface area contributed by atoms with Gasteiger partial charge in [0.05, 0.1) is 5.02 Å². The molecule has 112 valence electrons. The predicted molar refractivity (Wildman–Crippen MR) is 85.0 cm³/mol. The maximum Gasteiger partial charge on any atom is 0.264 e. The Hall–Kier alpha value is -2.33. The second kappa shape index (κ2) is 6.20. The Morgan fingerprint density at radius 2 is 1.91 bits per heavy atom.